The Morgan fingerprint density at radius 2 is 2.10 bits per heavy atom. The number of carbonyl (C=O) groups is 1. The zero-order valence-electron chi connectivity index (χ0n) is 17.4. The molecule has 1 fully saturated rings. The third-order valence-corrected chi connectivity index (χ3v) is 6.64. The number of benzene rings is 1. The lowest BCUT2D eigenvalue weighted by atomic mass is 10.2. The number of pyridine rings is 1. The van der Waals surface area contributed by atoms with Crippen LogP contribution in [0, 0.1) is 6.92 Å². The van der Waals surface area contributed by atoms with E-state index in [1.54, 1.807) is 6.20 Å². The molecule has 1 aromatic carbocycles. The van der Waals surface area contributed by atoms with Crippen molar-refractivity contribution in [2.75, 3.05) is 44.7 Å². The highest BCUT2D eigenvalue weighted by molar-refractivity contribution is 7.21. The molecular weight excluding hydrogens is 410 g/mol. The maximum atomic E-state index is 12.7. The van der Waals surface area contributed by atoms with Crippen molar-refractivity contribution >= 4 is 49.7 Å². The summed E-state index contributed by atoms with van der Waals surface area (Å²) in [5, 5.41) is 7.70. The number of anilines is 2. The van der Waals surface area contributed by atoms with Crippen molar-refractivity contribution in [3.05, 3.63) is 53.2 Å². The van der Waals surface area contributed by atoms with E-state index in [1.165, 1.54) is 16.7 Å². The number of carbonyl (C=O) groups excluding carboxylic acids is 1. The van der Waals surface area contributed by atoms with Gasteiger partial charge in [-0.05, 0) is 43.3 Å². The molecule has 7 nitrogen and oxygen atoms in total. The molecule has 0 aliphatic carbocycles. The molecule has 0 unspecified atom stereocenters. The molecule has 31 heavy (non-hydrogen) atoms. The number of hydrogen-bond acceptors (Lipinski definition) is 6. The molecule has 5 rings (SSSR count). The van der Waals surface area contributed by atoms with Crippen LogP contribution in [-0.4, -0.2) is 60.2 Å². The first-order valence-corrected chi connectivity index (χ1v) is 11.3. The lowest BCUT2D eigenvalue weighted by molar-refractivity contribution is 0.0383. The van der Waals surface area contributed by atoms with E-state index < -0.39 is 0 Å². The monoisotopic (exact) mass is 435 g/mol. The van der Waals surface area contributed by atoms with Crippen molar-refractivity contribution in [1.82, 2.24) is 20.2 Å². The van der Waals surface area contributed by atoms with Crippen LogP contribution in [0.2, 0.25) is 0 Å². The van der Waals surface area contributed by atoms with Gasteiger partial charge in [0, 0.05) is 54.7 Å². The van der Waals surface area contributed by atoms with Gasteiger partial charge in [0.2, 0.25) is 0 Å². The van der Waals surface area contributed by atoms with E-state index >= 15 is 0 Å². The highest BCUT2D eigenvalue weighted by atomic mass is 32.1. The highest BCUT2D eigenvalue weighted by Crippen LogP contribution is 2.33. The molecule has 3 aromatic heterocycles. The van der Waals surface area contributed by atoms with Crippen LogP contribution in [0.25, 0.3) is 21.1 Å². The third-order valence-electron chi connectivity index (χ3n) is 5.49. The molecule has 3 N–H and O–H groups in total. The average molecular weight is 436 g/mol. The van der Waals surface area contributed by atoms with E-state index in [4.69, 9.17) is 4.74 Å². The van der Waals surface area contributed by atoms with E-state index in [0.717, 1.165) is 65.7 Å². The predicted octanol–water partition coefficient (Wildman–Crippen LogP) is 3.89. The molecule has 0 spiro atoms. The van der Waals surface area contributed by atoms with Crippen LogP contribution in [0.1, 0.15) is 15.4 Å². The summed E-state index contributed by atoms with van der Waals surface area (Å²) < 4.78 is 6.34. The minimum atomic E-state index is -0.0496. The lowest BCUT2D eigenvalue weighted by Crippen LogP contribution is -2.41. The average Bonchev–Trinajstić information content (AvgIpc) is 3.37. The predicted molar refractivity (Wildman–Crippen MR) is 126 cm³/mol. The third kappa shape index (κ3) is 4.41. The first kappa shape index (κ1) is 20.0. The van der Waals surface area contributed by atoms with Gasteiger partial charge in [-0.15, -0.1) is 11.3 Å². The standard InChI is InChI=1S/C23H25N5O2S/c1-15-12-16-13-17(2-3-18(16)26-15)27-19-4-5-24-20-14-21(31-22(19)20)23(29)25-6-7-28-8-10-30-11-9-28/h2-5,12-14,26H,6-11H2,1H3,(H,24,27)(H,25,29). The topological polar surface area (TPSA) is 82.3 Å². The van der Waals surface area contributed by atoms with E-state index in [9.17, 15) is 4.79 Å². The summed E-state index contributed by atoms with van der Waals surface area (Å²) in [5.74, 6) is -0.0496. The first-order chi connectivity index (χ1) is 15.2. The smallest absolute Gasteiger partial charge is 0.261 e. The number of morpholine rings is 1. The van der Waals surface area contributed by atoms with Crippen LogP contribution in [0.5, 0.6) is 0 Å². The second-order valence-electron chi connectivity index (χ2n) is 7.77. The number of H-pyrrole nitrogens is 1. The van der Waals surface area contributed by atoms with Crippen LogP contribution in [0.4, 0.5) is 11.4 Å². The van der Waals surface area contributed by atoms with Crippen molar-refractivity contribution in [2.24, 2.45) is 0 Å². The molecular formula is C23H25N5O2S. The molecule has 0 saturated carbocycles. The number of fused-ring (bicyclic) bond motifs is 2. The van der Waals surface area contributed by atoms with Gasteiger partial charge in [-0.25, -0.2) is 0 Å². The van der Waals surface area contributed by atoms with E-state index in [1.807, 2.05) is 12.1 Å². The number of thiophene rings is 1. The number of nitrogens with one attached hydrogen (secondary N) is 3. The van der Waals surface area contributed by atoms with Crippen molar-refractivity contribution in [1.29, 1.82) is 0 Å². The summed E-state index contributed by atoms with van der Waals surface area (Å²) in [6.07, 6.45) is 1.77. The Hall–Kier alpha value is -2.94. The fourth-order valence-electron chi connectivity index (χ4n) is 3.90. The van der Waals surface area contributed by atoms with Gasteiger partial charge >= 0.3 is 0 Å². The largest absolute Gasteiger partial charge is 0.379 e. The summed E-state index contributed by atoms with van der Waals surface area (Å²) >= 11 is 1.47. The van der Waals surface area contributed by atoms with E-state index in [2.05, 4.69) is 56.7 Å². The van der Waals surface area contributed by atoms with Gasteiger partial charge in [-0.2, -0.15) is 0 Å². The van der Waals surface area contributed by atoms with Gasteiger partial charge < -0.3 is 20.4 Å². The Morgan fingerprint density at radius 1 is 1.23 bits per heavy atom. The minimum absolute atomic E-state index is 0.0496. The quantitative estimate of drug-likeness (QED) is 0.428. The second kappa shape index (κ2) is 8.66. The van der Waals surface area contributed by atoms with Crippen molar-refractivity contribution in [3.8, 4) is 0 Å². The van der Waals surface area contributed by atoms with Crippen LogP contribution >= 0.6 is 11.3 Å². The summed E-state index contributed by atoms with van der Waals surface area (Å²) in [5.41, 5.74) is 5.04. The van der Waals surface area contributed by atoms with Crippen LogP contribution in [0.3, 0.4) is 0 Å². The molecule has 0 radical (unpaired) electrons. The minimum Gasteiger partial charge on any atom is -0.379 e. The molecule has 0 bridgehead atoms. The molecule has 1 amide bonds. The Kier molecular flexibility index (Phi) is 5.59. The maximum Gasteiger partial charge on any atom is 0.261 e. The first-order valence-electron chi connectivity index (χ1n) is 10.5. The number of nitrogens with zero attached hydrogens (tertiary/aromatic N) is 2. The SMILES string of the molecule is Cc1cc2cc(Nc3ccnc4cc(C(=O)NCCN5CCOCC5)sc34)ccc2[nH]1. The summed E-state index contributed by atoms with van der Waals surface area (Å²) in [7, 11) is 0. The maximum absolute atomic E-state index is 12.7. The normalized spacial score (nSPS) is 14.9. The summed E-state index contributed by atoms with van der Waals surface area (Å²) in [4.78, 5) is 23.5. The zero-order valence-corrected chi connectivity index (χ0v) is 18.2. The van der Waals surface area contributed by atoms with Crippen molar-refractivity contribution < 1.29 is 9.53 Å². The number of amides is 1. The second-order valence-corrected chi connectivity index (χ2v) is 8.83. The summed E-state index contributed by atoms with van der Waals surface area (Å²) in [6.45, 7) is 6.90. The van der Waals surface area contributed by atoms with Crippen LogP contribution in [0.15, 0.2) is 42.6 Å². The highest BCUT2D eigenvalue weighted by Gasteiger charge is 2.15. The van der Waals surface area contributed by atoms with Crippen LogP contribution < -0.4 is 10.6 Å². The number of rotatable bonds is 6. The van der Waals surface area contributed by atoms with Gasteiger partial charge in [-0.1, -0.05) is 0 Å². The molecule has 0 atom stereocenters. The number of aromatic nitrogens is 2. The van der Waals surface area contributed by atoms with E-state index in [0.29, 0.717) is 11.4 Å². The van der Waals surface area contributed by atoms with E-state index in [-0.39, 0.29) is 5.91 Å². The molecule has 8 heteroatoms. The number of aryl methyl sites for hydroxylation is 1. The zero-order chi connectivity index (χ0) is 21.2. The van der Waals surface area contributed by atoms with Gasteiger partial charge in [0.1, 0.15) is 0 Å². The number of ether oxygens (including phenoxy) is 1. The Balaban J connectivity index is 1.30. The Bertz CT molecular complexity index is 1230. The molecule has 4 aromatic rings. The van der Waals surface area contributed by atoms with Gasteiger partial charge in [0.05, 0.1) is 34.0 Å². The van der Waals surface area contributed by atoms with Gasteiger partial charge in [0.15, 0.2) is 0 Å². The van der Waals surface area contributed by atoms with Gasteiger partial charge in [-0.3, -0.25) is 14.7 Å². The molecule has 1 aliphatic heterocycles. The van der Waals surface area contributed by atoms with Crippen molar-refractivity contribution in [3.63, 3.8) is 0 Å². The molecule has 1 aliphatic rings. The Morgan fingerprint density at radius 3 is 2.97 bits per heavy atom. The summed E-state index contributed by atoms with van der Waals surface area (Å²) in [6, 6.07) is 12.2. The van der Waals surface area contributed by atoms with Gasteiger partial charge in [0.25, 0.3) is 5.91 Å². The molecule has 1 saturated heterocycles. The fraction of sp³-hybridized carbons (Fsp3) is 0.304. The van der Waals surface area contributed by atoms with Crippen molar-refractivity contribution in [2.45, 2.75) is 6.92 Å². The molecule has 4 heterocycles. The fourth-order valence-corrected chi connectivity index (χ4v) is 4.90. The molecule has 160 valence electrons. The number of hydrogen-bond donors (Lipinski definition) is 3. The Labute approximate surface area is 184 Å². The van der Waals surface area contributed by atoms with Crippen LogP contribution in [-0.2, 0) is 4.74 Å². The lowest BCUT2D eigenvalue weighted by Gasteiger charge is -2.26. The number of aromatic amines is 1.